The normalized spacial score (nSPS) is 12.9. The molecule has 0 aliphatic heterocycles. The summed E-state index contributed by atoms with van der Waals surface area (Å²) in [6, 6.07) is 3.68. The molecule has 0 saturated carbocycles. The van der Waals surface area contributed by atoms with Gasteiger partial charge in [-0.05, 0) is 11.4 Å². The number of rotatable bonds is 4. The van der Waals surface area contributed by atoms with E-state index in [-0.39, 0.29) is 6.04 Å². The van der Waals surface area contributed by atoms with E-state index in [1.165, 1.54) is 0 Å². The summed E-state index contributed by atoms with van der Waals surface area (Å²) in [6.45, 7) is 0.430. The number of ether oxygens (including phenoxy) is 1. The van der Waals surface area contributed by atoms with Gasteiger partial charge in [-0.1, -0.05) is 6.07 Å². The highest BCUT2D eigenvalue weighted by molar-refractivity contribution is 7.13. The minimum absolute atomic E-state index is 0.254. The van der Waals surface area contributed by atoms with Gasteiger partial charge in [0.25, 0.3) is 0 Å². The Kier molecular flexibility index (Phi) is 3.10. The Bertz CT molecular complexity index is 411. The lowest BCUT2D eigenvalue weighted by molar-refractivity contribution is 0.178. The van der Waals surface area contributed by atoms with Gasteiger partial charge in [-0.2, -0.15) is 5.10 Å². The second-order valence-electron chi connectivity index (χ2n) is 3.08. The largest absolute Gasteiger partial charge is 0.383 e. The Morgan fingerprint density at radius 3 is 3.20 bits per heavy atom. The molecule has 0 amide bonds. The number of thiophene rings is 1. The van der Waals surface area contributed by atoms with E-state index in [0.717, 1.165) is 4.88 Å². The second-order valence-corrected chi connectivity index (χ2v) is 4.03. The van der Waals surface area contributed by atoms with Gasteiger partial charge in [-0.3, -0.25) is 5.10 Å². The summed E-state index contributed by atoms with van der Waals surface area (Å²) in [5.74, 6) is 1.34. The van der Waals surface area contributed by atoms with Gasteiger partial charge in [-0.25, -0.2) is 4.98 Å². The van der Waals surface area contributed by atoms with Crippen LogP contribution in [0.5, 0.6) is 0 Å². The molecular formula is C9H12N4OS. The van der Waals surface area contributed by atoms with Crippen LogP contribution in [0.15, 0.2) is 17.5 Å². The third-order valence-corrected chi connectivity index (χ3v) is 2.81. The minimum atomic E-state index is -0.254. The molecule has 2 aromatic heterocycles. The summed E-state index contributed by atoms with van der Waals surface area (Å²) in [5, 5.41) is 8.91. The molecule has 2 rings (SSSR count). The first kappa shape index (κ1) is 10.3. The molecule has 80 valence electrons. The molecule has 3 N–H and O–H groups in total. The number of hydrogen-bond acceptors (Lipinski definition) is 5. The second kappa shape index (κ2) is 4.52. The molecule has 0 fully saturated rings. The molecule has 0 saturated heterocycles. The highest BCUT2D eigenvalue weighted by atomic mass is 32.1. The quantitative estimate of drug-likeness (QED) is 0.817. The summed E-state index contributed by atoms with van der Waals surface area (Å²) >= 11 is 1.60. The number of aromatic nitrogens is 3. The smallest absolute Gasteiger partial charge is 0.191 e. The summed E-state index contributed by atoms with van der Waals surface area (Å²) in [4.78, 5) is 5.34. The van der Waals surface area contributed by atoms with Crippen LogP contribution in [0.2, 0.25) is 0 Å². The van der Waals surface area contributed by atoms with Gasteiger partial charge in [0.05, 0.1) is 17.5 Å². The van der Waals surface area contributed by atoms with E-state index in [9.17, 15) is 0 Å². The van der Waals surface area contributed by atoms with Crippen LogP contribution in [0, 0.1) is 0 Å². The molecule has 0 aromatic carbocycles. The maximum absolute atomic E-state index is 5.82. The Hall–Kier alpha value is -1.24. The highest BCUT2D eigenvalue weighted by Gasteiger charge is 2.12. The first-order valence-corrected chi connectivity index (χ1v) is 5.40. The van der Waals surface area contributed by atoms with E-state index >= 15 is 0 Å². The number of H-pyrrole nitrogens is 1. The molecule has 2 aromatic rings. The average molecular weight is 224 g/mol. The van der Waals surface area contributed by atoms with Gasteiger partial charge < -0.3 is 10.5 Å². The minimum Gasteiger partial charge on any atom is -0.383 e. The van der Waals surface area contributed by atoms with Gasteiger partial charge in [0.1, 0.15) is 5.82 Å². The molecule has 0 bridgehead atoms. The molecule has 2 heterocycles. The fourth-order valence-corrected chi connectivity index (χ4v) is 1.87. The topological polar surface area (TPSA) is 76.8 Å². The molecule has 0 radical (unpaired) electrons. The van der Waals surface area contributed by atoms with Crippen LogP contribution in [0.25, 0.3) is 10.7 Å². The zero-order valence-corrected chi connectivity index (χ0v) is 9.12. The molecule has 0 spiro atoms. The maximum atomic E-state index is 5.82. The molecule has 5 nitrogen and oxygen atoms in total. The Morgan fingerprint density at radius 2 is 2.53 bits per heavy atom. The van der Waals surface area contributed by atoms with Crippen molar-refractivity contribution in [3.05, 3.63) is 23.3 Å². The number of aromatic amines is 1. The number of nitrogens with one attached hydrogen (secondary N) is 1. The van der Waals surface area contributed by atoms with Crippen molar-refractivity contribution in [2.75, 3.05) is 13.7 Å². The van der Waals surface area contributed by atoms with E-state index in [4.69, 9.17) is 10.5 Å². The van der Waals surface area contributed by atoms with E-state index in [1.807, 2.05) is 17.5 Å². The lowest BCUT2D eigenvalue weighted by Crippen LogP contribution is -2.17. The number of methoxy groups -OCH3 is 1. The van der Waals surface area contributed by atoms with Crippen molar-refractivity contribution >= 4 is 11.3 Å². The van der Waals surface area contributed by atoms with Gasteiger partial charge in [0.2, 0.25) is 0 Å². The van der Waals surface area contributed by atoms with Crippen LogP contribution in [0.1, 0.15) is 11.9 Å². The van der Waals surface area contributed by atoms with Crippen molar-refractivity contribution in [2.45, 2.75) is 6.04 Å². The summed E-state index contributed by atoms with van der Waals surface area (Å²) < 4.78 is 4.95. The van der Waals surface area contributed by atoms with Crippen LogP contribution < -0.4 is 5.73 Å². The molecule has 1 atom stereocenters. The van der Waals surface area contributed by atoms with E-state index < -0.39 is 0 Å². The number of nitrogens with two attached hydrogens (primary N) is 1. The van der Waals surface area contributed by atoms with Crippen molar-refractivity contribution in [2.24, 2.45) is 5.73 Å². The highest BCUT2D eigenvalue weighted by Crippen LogP contribution is 2.21. The maximum Gasteiger partial charge on any atom is 0.191 e. The van der Waals surface area contributed by atoms with Crippen LogP contribution >= 0.6 is 11.3 Å². The average Bonchev–Trinajstić information content (AvgIpc) is 2.89. The van der Waals surface area contributed by atoms with Gasteiger partial charge >= 0.3 is 0 Å². The lowest BCUT2D eigenvalue weighted by atomic mass is 10.3. The van der Waals surface area contributed by atoms with Crippen LogP contribution in [0.3, 0.4) is 0 Å². The van der Waals surface area contributed by atoms with E-state index in [2.05, 4.69) is 15.2 Å². The fourth-order valence-electron chi connectivity index (χ4n) is 1.21. The third kappa shape index (κ3) is 2.23. The monoisotopic (exact) mass is 224 g/mol. The van der Waals surface area contributed by atoms with Crippen molar-refractivity contribution in [1.82, 2.24) is 15.2 Å². The first-order chi connectivity index (χ1) is 7.31. The molecule has 0 aliphatic rings. The molecule has 0 aliphatic carbocycles. The van der Waals surface area contributed by atoms with Crippen molar-refractivity contribution in [1.29, 1.82) is 0 Å². The zero-order chi connectivity index (χ0) is 10.7. The van der Waals surface area contributed by atoms with Crippen LogP contribution in [-0.4, -0.2) is 28.9 Å². The van der Waals surface area contributed by atoms with Crippen molar-refractivity contribution < 1.29 is 4.74 Å². The molecule has 15 heavy (non-hydrogen) atoms. The lowest BCUT2D eigenvalue weighted by Gasteiger charge is -2.04. The predicted molar refractivity (Wildman–Crippen MR) is 58.5 cm³/mol. The fraction of sp³-hybridized carbons (Fsp3) is 0.333. The SMILES string of the molecule is COCC(N)c1nc(-c2cccs2)n[nH]1. The standard InChI is InChI=1S/C9H12N4OS/c1-14-5-6(10)8-11-9(13-12-8)7-3-2-4-15-7/h2-4,6H,5,10H2,1H3,(H,11,12,13). The van der Waals surface area contributed by atoms with E-state index in [1.54, 1.807) is 18.4 Å². The Morgan fingerprint density at radius 1 is 1.67 bits per heavy atom. The number of nitrogens with zero attached hydrogens (tertiary/aromatic N) is 2. The molecular weight excluding hydrogens is 212 g/mol. The van der Waals surface area contributed by atoms with Crippen LogP contribution in [0.4, 0.5) is 0 Å². The summed E-state index contributed by atoms with van der Waals surface area (Å²) in [6.07, 6.45) is 0. The zero-order valence-electron chi connectivity index (χ0n) is 8.30. The van der Waals surface area contributed by atoms with Gasteiger partial charge in [0, 0.05) is 7.11 Å². The van der Waals surface area contributed by atoms with Crippen LogP contribution in [-0.2, 0) is 4.74 Å². The first-order valence-electron chi connectivity index (χ1n) is 4.52. The predicted octanol–water partition coefficient (Wildman–Crippen LogP) is 1.18. The molecule has 1 unspecified atom stereocenters. The summed E-state index contributed by atoms with van der Waals surface area (Å²) in [7, 11) is 1.61. The van der Waals surface area contributed by atoms with Gasteiger partial charge in [-0.15, -0.1) is 11.3 Å². The van der Waals surface area contributed by atoms with Gasteiger partial charge in [0.15, 0.2) is 5.82 Å². The summed E-state index contributed by atoms with van der Waals surface area (Å²) in [5.41, 5.74) is 5.82. The third-order valence-electron chi connectivity index (χ3n) is 1.94. The Labute approximate surface area is 91.3 Å². The van der Waals surface area contributed by atoms with Crippen molar-refractivity contribution in [3.8, 4) is 10.7 Å². The number of hydrogen-bond donors (Lipinski definition) is 2. The molecule has 6 heteroatoms. The van der Waals surface area contributed by atoms with E-state index in [0.29, 0.717) is 18.3 Å². The van der Waals surface area contributed by atoms with Crippen molar-refractivity contribution in [3.63, 3.8) is 0 Å². The Balaban J connectivity index is 2.17.